The van der Waals surface area contributed by atoms with E-state index < -0.39 is 5.54 Å². The Kier molecular flexibility index (Phi) is 5.01. The molecule has 0 saturated heterocycles. The van der Waals surface area contributed by atoms with E-state index in [0.717, 1.165) is 23.6 Å². The largest absolute Gasteiger partial charge is 0.394 e. The molecule has 5 heteroatoms. The molecule has 3 N–H and O–H groups in total. The first-order valence-electron chi connectivity index (χ1n) is 4.93. The fraction of sp³-hybridized carbons (Fsp3) is 0.600. The lowest BCUT2D eigenvalue weighted by Gasteiger charge is -2.20. The fourth-order valence-corrected chi connectivity index (χ4v) is 1.86. The molecular weight excluding hydrogens is 210 g/mol. The summed E-state index contributed by atoms with van der Waals surface area (Å²) in [6.45, 7) is 1.89. The summed E-state index contributed by atoms with van der Waals surface area (Å²) in [6.07, 6.45) is 6.87. The molecule has 1 heterocycles. The van der Waals surface area contributed by atoms with E-state index in [1.807, 2.05) is 6.92 Å². The van der Waals surface area contributed by atoms with Crippen molar-refractivity contribution in [2.75, 3.05) is 12.4 Å². The van der Waals surface area contributed by atoms with Crippen LogP contribution in [0.2, 0.25) is 0 Å². The van der Waals surface area contributed by atoms with Gasteiger partial charge in [-0.15, -0.1) is 11.8 Å². The number of hydrogen-bond donors (Lipinski definition) is 2. The summed E-state index contributed by atoms with van der Waals surface area (Å²) in [5.41, 5.74) is 5.35. The lowest BCUT2D eigenvalue weighted by atomic mass is 9.99. The molecule has 4 nitrogen and oxygen atoms in total. The molecule has 0 saturated carbocycles. The third kappa shape index (κ3) is 5.11. The van der Waals surface area contributed by atoms with Gasteiger partial charge in [-0.05, 0) is 25.5 Å². The van der Waals surface area contributed by atoms with Crippen molar-refractivity contribution in [3.05, 3.63) is 18.6 Å². The van der Waals surface area contributed by atoms with Crippen LogP contribution in [0.25, 0.3) is 0 Å². The van der Waals surface area contributed by atoms with Gasteiger partial charge in [0.25, 0.3) is 0 Å². The molecule has 0 aliphatic carbocycles. The number of aliphatic hydroxyl groups is 1. The number of hydrogen-bond acceptors (Lipinski definition) is 5. The van der Waals surface area contributed by atoms with E-state index in [2.05, 4.69) is 9.97 Å². The lowest BCUT2D eigenvalue weighted by molar-refractivity contribution is 0.200. The van der Waals surface area contributed by atoms with Gasteiger partial charge >= 0.3 is 0 Å². The van der Waals surface area contributed by atoms with Crippen molar-refractivity contribution in [3.63, 3.8) is 0 Å². The minimum absolute atomic E-state index is 0.0306. The molecule has 1 unspecified atom stereocenters. The van der Waals surface area contributed by atoms with Crippen LogP contribution in [-0.2, 0) is 0 Å². The average molecular weight is 227 g/mol. The van der Waals surface area contributed by atoms with Crippen LogP contribution < -0.4 is 5.73 Å². The second-order valence-electron chi connectivity index (χ2n) is 3.81. The van der Waals surface area contributed by atoms with Gasteiger partial charge in [0.2, 0.25) is 0 Å². The molecule has 1 aromatic heterocycles. The molecule has 0 aliphatic heterocycles. The number of nitrogens with two attached hydrogens (primary N) is 1. The van der Waals surface area contributed by atoms with Crippen LogP contribution in [0.4, 0.5) is 0 Å². The standard InChI is InChI=1S/C10H17N3OS/c1-10(11,8-14)3-2-6-15-9-7-12-4-5-13-9/h4-5,7,14H,2-3,6,8,11H2,1H3. The molecule has 84 valence electrons. The van der Waals surface area contributed by atoms with Gasteiger partial charge in [-0.2, -0.15) is 0 Å². The maximum atomic E-state index is 8.96. The summed E-state index contributed by atoms with van der Waals surface area (Å²) in [4.78, 5) is 8.13. The van der Waals surface area contributed by atoms with Gasteiger partial charge < -0.3 is 10.8 Å². The molecule has 0 aliphatic rings. The second-order valence-corrected chi connectivity index (χ2v) is 4.92. The van der Waals surface area contributed by atoms with Crippen molar-refractivity contribution in [1.29, 1.82) is 0 Å². The van der Waals surface area contributed by atoms with Gasteiger partial charge in [0.1, 0.15) is 5.03 Å². The van der Waals surface area contributed by atoms with Gasteiger partial charge in [0.05, 0.1) is 12.8 Å². The molecule has 15 heavy (non-hydrogen) atoms. The molecule has 0 spiro atoms. The normalized spacial score (nSPS) is 14.9. The molecule has 0 aromatic carbocycles. The van der Waals surface area contributed by atoms with Crippen LogP contribution in [0, 0.1) is 0 Å². The van der Waals surface area contributed by atoms with Crippen molar-refractivity contribution in [1.82, 2.24) is 9.97 Å². The Morgan fingerprint density at radius 1 is 1.53 bits per heavy atom. The lowest BCUT2D eigenvalue weighted by Crippen LogP contribution is -2.40. The molecule has 0 amide bonds. The summed E-state index contributed by atoms with van der Waals surface area (Å²) in [5.74, 6) is 0.950. The van der Waals surface area contributed by atoms with E-state index in [1.165, 1.54) is 0 Å². The first-order chi connectivity index (χ1) is 7.14. The zero-order valence-electron chi connectivity index (χ0n) is 8.89. The highest BCUT2D eigenvalue weighted by Gasteiger charge is 2.15. The van der Waals surface area contributed by atoms with Crippen molar-refractivity contribution >= 4 is 11.8 Å². The minimum Gasteiger partial charge on any atom is -0.394 e. The SMILES string of the molecule is CC(N)(CO)CCCSc1cnccn1. The number of aliphatic hydroxyl groups excluding tert-OH is 1. The van der Waals surface area contributed by atoms with Crippen molar-refractivity contribution in [3.8, 4) is 0 Å². The molecule has 0 fully saturated rings. The number of aromatic nitrogens is 2. The molecule has 0 bridgehead atoms. The van der Waals surface area contributed by atoms with E-state index in [1.54, 1.807) is 30.4 Å². The molecule has 1 atom stereocenters. The Labute approximate surface area is 94.3 Å². The highest BCUT2D eigenvalue weighted by Crippen LogP contribution is 2.17. The number of thioether (sulfide) groups is 1. The van der Waals surface area contributed by atoms with Crippen molar-refractivity contribution in [2.24, 2.45) is 5.73 Å². The minimum atomic E-state index is -0.455. The van der Waals surface area contributed by atoms with Crippen molar-refractivity contribution in [2.45, 2.75) is 30.3 Å². The average Bonchev–Trinajstić information content (AvgIpc) is 2.26. The fourth-order valence-electron chi connectivity index (χ4n) is 1.09. The molecule has 1 rings (SSSR count). The van der Waals surface area contributed by atoms with Crippen molar-refractivity contribution < 1.29 is 5.11 Å². The van der Waals surface area contributed by atoms with E-state index in [0.29, 0.717) is 0 Å². The van der Waals surface area contributed by atoms with Crippen LogP contribution in [0.3, 0.4) is 0 Å². The third-order valence-electron chi connectivity index (χ3n) is 2.04. The Bertz CT molecular complexity index is 279. The molecular formula is C10H17N3OS. The zero-order chi connectivity index (χ0) is 11.1. The topological polar surface area (TPSA) is 72.0 Å². The Morgan fingerprint density at radius 3 is 2.93 bits per heavy atom. The van der Waals surface area contributed by atoms with Crippen LogP contribution in [0.15, 0.2) is 23.6 Å². The summed E-state index contributed by atoms with van der Waals surface area (Å²) >= 11 is 1.66. The number of rotatable bonds is 6. The summed E-state index contributed by atoms with van der Waals surface area (Å²) in [7, 11) is 0. The number of nitrogens with zero attached hydrogens (tertiary/aromatic N) is 2. The van der Waals surface area contributed by atoms with Gasteiger partial charge in [0, 0.05) is 17.9 Å². The predicted molar refractivity (Wildman–Crippen MR) is 61.7 cm³/mol. The summed E-state index contributed by atoms with van der Waals surface area (Å²) in [6, 6.07) is 0. The zero-order valence-corrected chi connectivity index (χ0v) is 9.70. The smallest absolute Gasteiger partial charge is 0.114 e. The first kappa shape index (κ1) is 12.4. The highest BCUT2D eigenvalue weighted by atomic mass is 32.2. The molecule has 1 aromatic rings. The molecule has 0 radical (unpaired) electrons. The highest BCUT2D eigenvalue weighted by molar-refractivity contribution is 7.99. The van der Waals surface area contributed by atoms with E-state index >= 15 is 0 Å². The summed E-state index contributed by atoms with van der Waals surface area (Å²) < 4.78 is 0. The third-order valence-corrected chi connectivity index (χ3v) is 3.04. The summed E-state index contributed by atoms with van der Waals surface area (Å²) in [5, 5.41) is 9.89. The van der Waals surface area contributed by atoms with Crippen LogP contribution in [0.5, 0.6) is 0 Å². The Morgan fingerprint density at radius 2 is 2.33 bits per heavy atom. The predicted octanol–water partition coefficient (Wildman–Crippen LogP) is 1.06. The maximum absolute atomic E-state index is 8.96. The Hall–Kier alpha value is -0.650. The monoisotopic (exact) mass is 227 g/mol. The van der Waals surface area contributed by atoms with Gasteiger partial charge in [-0.3, -0.25) is 4.98 Å². The quantitative estimate of drug-likeness (QED) is 0.561. The van der Waals surface area contributed by atoms with Crippen LogP contribution in [0.1, 0.15) is 19.8 Å². The van der Waals surface area contributed by atoms with E-state index in [-0.39, 0.29) is 6.61 Å². The van der Waals surface area contributed by atoms with Gasteiger partial charge in [-0.25, -0.2) is 4.98 Å². The van der Waals surface area contributed by atoms with Gasteiger partial charge in [-0.1, -0.05) is 0 Å². The van der Waals surface area contributed by atoms with Crippen LogP contribution in [-0.4, -0.2) is 33.0 Å². The van der Waals surface area contributed by atoms with E-state index in [4.69, 9.17) is 10.8 Å². The van der Waals surface area contributed by atoms with E-state index in [9.17, 15) is 0 Å². The second kappa shape index (κ2) is 6.05. The maximum Gasteiger partial charge on any atom is 0.114 e. The Balaban J connectivity index is 2.18. The van der Waals surface area contributed by atoms with Gasteiger partial charge in [0.15, 0.2) is 0 Å². The van der Waals surface area contributed by atoms with Crippen LogP contribution >= 0.6 is 11.8 Å². The first-order valence-corrected chi connectivity index (χ1v) is 5.91.